The van der Waals surface area contributed by atoms with E-state index in [9.17, 15) is 45.6 Å². The standard InChI is InChI=1S/C50H81NO13/c1-3-5-7-9-11-12-13-14-15-16-17-18-19-20-21-22-23-24-25-26-28-30-32-34-42(55)51-38(39(54)33-31-29-27-10-8-6-4-2)37-61-49-47(60)45(58)48(41(36-53)63-49)64-50-46(59)44(57)43(56)40(35-52)62-50/h5,7-8,10-12,14-15,17-18,20-21,23-24,31,33,38-41,43-50,52-54,56-60H,3-4,6,9,13,16,19,22,25-30,32,34-37H2,1-2H3,(H,51,55)/b7-5-,10-8+,12-11-,15-14-,18-17-,21-20-,24-23-,33-31+. The average Bonchev–Trinajstić information content (AvgIpc) is 3.29. The number of nitrogens with one attached hydrogen (secondary N) is 1. The van der Waals surface area contributed by atoms with Gasteiger partial charge in [0.2, 0.25) is 5.91 Å². The normalized spacial score (nSPS) is 28.2. The van der Waals surface area contributed by atoms with Gasteiger partial charge in [-0.05, 0) is 77.0 Å². The fourth-order valence-electron chi connectivity index (χ4n) is 6.90. The summed E-state index contributed by atoms with van der Waals surface area (Å²) in [6.45, 7) is 2.47. The first kappa shape index (κ1) is 57.0. The Balaban J connectivity index is 1.80. The van der Waals surface area contributed by atoms with Gasteiger partial charge in [0.1, 0.15) is 48.8 Å². The molecular weight excluding hydrogens is 823 g/mol. The molecule has 0 bridgehead atoms. The first-order chi connectivity index (χ1) is 31.1. The van der Waals surface area contributed by atoms with Crippen LogP contribution in [-0.2, 0) is 23.7 Å². The highest BCUT2D eigenvalue weighted by Crippen LogP contribution is 2.29. The number of allylic oxidation sites excluding steroid dienone is 15. The Hall–Kier alpha value is -3.09. The smallest absolute Gasteiger partial charge is 0.220 e. The van der Waals surface area contributed by atoms with E-state index in [1.807, 2.05) is 6.08 Å². The predicted octanol–water partition coefficient (Wildman–Crippen LogP) is 5.20. The van der Waals surface area contributed by atoms with Gasteiger partial charge in [-0.3, -0.25) is 4.79 Å². The van der Waals surface area contributed by atoms with Gasteiger partial charge in [-0.2, -0.15) is 0 Å². The van der Waals surface area contributed by atoms with Crippen LogP contribution in [0, 0.1) is 0 Å². The van der Waals surface area contributed by atoms with Crippen LogP contribution >= 0.6 is 0 Å². The zero-order valence-electron chi connectivity index (χ0n) is 38.2. The van der Waals surface area contributed by atoms with E-state index in [2.05, 4.69) is 104 Å². The summed E-state index contributed by atoms with van der Waals surface area (Å²) in [5, 5.41) is 86.2. The first-order valence-corrected chi connectivity index (χ1v) is 23.5. The van der Waals surface area contributed by atoms with Crippen LogP contribution in [0.2, 0.25) is 0 Å². The number of unbranched alkanes of at least 4 members (excludes halogenated alkanes) is 6. The number of ether oxygens (including phenoxy) is 4. The Morgan fingerprint density at radius 1 is 0.578 bits per heavy atom. The fourth-order valence-corrected chi connectivity index (χ4v) is 6.90. The van der Waals surface area contributed by atoms with E-state index in [-0.39, 0.29) is 18.9 Å². The molecule has 2 saturated heterocycles. The number of hydrogen-bond donors (Lipinski definition) is 9. The van der Waals surface area contributed by atoms with Gasteiger partial charge in [-0.15, -0.1) is 0 Å². The van der Waals surface area contributed by atoms with Crippen LogP contribution in [0.3, 0.4) is 0 Å². The van der Waals surface area contributed by atoms with Crippen molar-refractivity contribution in [2.75, 3.05) is 19.8 Å². The lowest BCUT2D eigenvalue weighted by Gasteiger charge is -2.46. The second kappa shape index (κ2) is 36.1. The van der Waals surface area contributed by atoms with Crippen molar-refractivity contribution in [2.24, 2.45) is 0 Å². The van der Waals surface area contributed by atoms with Crippen LogP contribution in [0.25, 0.3) is 0 Å². The number of hydrogen-bond acceptors (Lipinski definition) is 13. The summed E-state index contributed by atoms with van der Waals surface area (Å²) in [4.78, 5) is 13.1. The van der Waals surface area contributed by atoms with Crippen molar-refractivity contribution in [3.63, 3.8) is 0 Å². The molecule has 12 unspecified atom stereocenters. The second-order valence-corrected chi connectivity index (χ2v) is 16.1. The quantitative estimate of drug-likeness (QED) is 0.0305. The van der Waals surface area contributed by atoms with Gasteiger partial charge in [-0.1, -0.05) is 130 Å². The second-order valence-electron chi connectivity index (χ2n) is 16.1. The number of rotatable bonds is 33. The van der Waals surface area contributed by atoms with Crippen LogP contribution in [-0.4, -0.2) is 140 Å². The Bertz CT molecular complexity index is 1440. The maximum Gasteiger partial charge on any atom is 0.220 e. The van der Waals surface area contributed by atoms with Crippen LogP contribution in [0.5, 0.6) is 0 Å². The molecule has 364 valence electrons. The highest BCUT2D eigenvalue weighted by Gasteiger charge is 2.50. The summed E-state index contributed by atoms with van der Waals surface area (Å²) < 4.78 is 22.5. The number of aliphatic hydroxyl groups excluding tert-OH is 8. The minimum absolute atomic E-state index is 0.236. The number of carbonyl (C=O) groups excluding carboxylic acids is 1. The zero-order chi connectivity index (χ0) is 46.8. The molecule has 0 aliphatic carbocycles. The third kappa shape index (κ3) is 23.4. The first-order valence-electron chi connectivity index (χ1n) is 23.5. The molecule has 0 spiro atoms. The van der Waals surface area contributed by atoms with Crippen molar-refractivity contribution in [1.29, 1.82) is 0 Å². The van der Waals surface area contributed by atoms with Crippen LogP contribution in [0.4, 0.5) is 0 Å². The van der Waals surface area contributed by atoms with Crippen LogP contribution in [0.1, 0.15) is 117 Å². The SMILES string of the molecule is CC/C=C\C/C=C\C/C=C\C/C=C\C/C=C\C/C=C\CCCCCCC(=O)NC(COC1OC(CO)C(OC2OC(CO)C(O)C(O)C2O)C(O)C1O)C(O)/C=C/CC/C=C/CCC. The predicted molar refractivity (Wildman–Crippen MR) is 249 cm³/mol. The van der Waals surface area contributed by atoms with Crippen molar-refractivity contribution in [2.45, 2.75) is 190 Å². The molecule has 64 heavy (non-hydrogen) atoms. The van der Waals surface area contributed by atoms with Crippen LogP contribution < -0.4 is 5.32 Å². The van der Waals surface area contributed by atoms with Gasteiger partial charge in [0.15, 0.2) is 12.6 Å². The van der Waals surface area contributed by atoms with E-state index in [1.165, 1.54) is 0 Å². The van der Waals surface area contributed by atoms with Crippen molar-refractivity contribution < 1.29 is 64.6 Å². The summed E-state index contributed by atoms with van der Waals surface area (Å²) in [5.41, 5.74) is 0. The van der Waals surface area contributed by atoms with Gasteiger partial charge in [0.25, 0.3) is 0 Å². The minimum Gasteiger partial charge on any atom is -0.394 e. The summed E-state index contributed by atoms with van der Waals surface area (Å²) in [5.74, 6) is -0.285. The van der Waals surface area contributed by atoms with Crippen molar-refractivity contribution in [1.82, 2.24) is 5.32 Å². The summed E-state index contributed by atoms with van der Waals surface area (Å²) in [6.07, 6.45) is 30.6. The summed E-state index contributed by atoms with van der Waals surface area (Å²) >= 11 is 0. The molecule has 0 aromatic rings. The molecule has 9 N–H and O–H groups in total. The molecule has 14 nitrogen and oxygen atoms in total. The maximum atomic E-state index is 13.1. The molecular formula is C50H81NO13. The van der Waals surface area contributed by atoms with Crippen LogP contribution in [0.15, 0.2) is 97.2 Å². The van der Waals surface area contributed by atoms with Gasteiger partial charge >= 0.3 is 0 Å². The van der Waals surface area contributed by atoms with Gasteiger partial charge in [0, 0.05) is 6.42 Å². The Labute approximate surface area is 382 Å². The van der Waals surface area contributed by atoms with E-state index in [0.29, 0.717) is 12.8 Å². The number of aliphatic hydroxyl groups is 8. The highest BCUT2D eigenvalue weighted by molar-refractivity contribution is 5.76. The topological polar surface area (TPSA) is 228 Å². The molecule has 0 aromatic carbocycles. The average molecular weight is 904 g/mol. The van der Waals surface area contributed by atoms with E-state index in [1.54, 1.807) is 6.08 Å². The lowest BCUT2D eigenvalue weighted by Crippen LogP contribution is -2.65. The highest BCUT2D eigenvalue weighted by atomic mass is 16.7. The summed E-state index contributed by atoms with van der Waals surface area (Å²) in [6, 6.07) is -0.948. The molecule has 2 heterocycles. The molecule has 0 saturated carbocycles. The Morgan fingerprint density at radius 2 is 1.09 bits per heavy atom. The number of carbonyl (C=O) groups is 1. The summed E-state index contributed by atoms with van der Waals surface area (Å²) in [7, 11) is 0. The van der Waals surface area contributed by atoms with E-state index < -0.39 is 86.8 Å². The zero-order valence-corrected chi connectivity index (χ0v) is 38.2. The molecule has 2 fully saturated rings. The Kier molecular flexibility index (Phi) is 32.2. The molecule has 0 aromatic heterocycles. The fraction of sp³-hybridized carbons (Fsp3) is 0.660. The van der Waals surface area contributed by atoms with Gasteiger partial charge < -0.3 is 65.1 Å². The maximum absolute atomic E-state index is 13.1. The third-order valence-corrected chi connectivity index (χ3v) is 10.7. The Morgan fingerprint density at radius 3 is 1.69 bits per heavy atom. The minimum atomic E-state index is -1.80. The van der Waals surface area contributed by atoms with Gasteiger partial charge in [-0.25, -0.2) is 0 Å². The molecule has 2 aliphatic heterocycles. The molecule has 12 atom stereocenters. The third-order valence-electron chi connectivity index (χ3n) is 10.7. The van der Waals surface area contributed by atoms with E-state index in [0.717, 1.165) is 83.5 Å². The molecule has 2 aliphatic rings. The largest absolute Gasteiger partial charge is 0.394 e. The van der Waals surface area contributed by atoms with Gasteiger partial charge in [0.05, 0.1) is 32.0 Å². The molecule has 14 heteroatoms. The van der Waals surface area contributed by atoms with Crippen molar-refractivity contribution in [3.05, 3.63) is 97.2 Å². The van der Waals surface area contributed by atoms with E-state index in [4.69, 9.17) is 18.9 Å². The molecule has 0 radical (unpaired) electrons. The van der Waals surface area contributed by atoms with E-state index >= 15 is 0 Å². The van der Waals surface area contributed by atoms with Crippen molar-refractivity contribution >= 4 is 5.91 Å². The lowest BCUT2D eigenvalue weighted by atomic mass is 9.97. The molecule has 1 amide bonds. The molecule has 2 rings (SSSR count). The monoisotopic (exact) mass is 904 g/mol. The number of amides is 1. The van der Waals surface area contributed by atoms with Crippen molar-refractivity contribution in [3.8, 4) is 0 Å². The lowest BCUT2D eigenvalue weighted by molar-refractivity contribution is -0.359.